The zero-order valence-corrected chi connectivity index (χ0v) is 25.9. The van der Waals surface area contributed by atoms with E-state index in [1.165, 1.54) is 41.3 Å². The van der Waals surface area contributed by atoms with E-state index in [2.05, 4.69) is 0 Å². The van der Waals surface area contributed by atoms with Crippen LogP contribution in [0, 0.1) is 5.82 Å². The number of hydrogen-bond donors (Lipinski definition) is 1. The van der Waals surface area contributed by atoms with Gasteiger partial charge in [-0.2, -0.15) is 13.2 Å². The van der Waals surface area contributed by atoms with E-state index in [1.807, 2.05) is 0 Å². The number of sulfone groups is 2. The lowest BCUT2D eigenvalue weighted by Gasteiger charge is -2.35. The third-order valence-electron chi connectivity index (χ3n) is 8.40. The summed E-state index contributed by atoms with van der Waals surface area (Å²) in [4.78, 5) is 14.5. The minimum atomic E-state index is -4.67. The van der Waals surface area contributed by atoms with Gasteiger partial charge in [0.2, 0.25) is 0 Å². The van der Waals surface area contributed by atoms with Gasteiger partial charge >= 0.3 is 6.18 Å². The Balaban J connectivity index is 1.46. The van der Waals surface area contributed by atoms with Crippen molar-refractivity contribution in [3.8, 4) is 5.75 Å². The molecule has 0 radical (unpaired) electrons. The van der Waals surface area contributed by atoms with Crippen molar-refractivity contribution >= 4 is 37.2 Å². The molecule has 1 amide bonds. The SMILES string of the molecule is O=C(N1CC[C@](c2ccc(OCc3c(Cl)cccc3C(F)(F)F)cc2)(S(=O)(=O)c2ccc(F)cc2)C1)C1(O)CCS(=O)(=O)CC1. The molecule has 2 aliphatic rings. The zero-order valence-electron chi connectivity index (χ0n) is 23.6. The topological polar surface area (TPSA) is 118 Å². The maximum absolute atomic E-state index is 14.2. The van der Waals surface area contributed by atoms with Crippen LogP contribution in [-0.4, -0.2) is 62.9 Å². The molecule has 45 heavy (non-hydrogen) atoms. The van der Waals surface area contributed by atoms with Gasteiger partial charge in [0.05, 0.1) is 22.0 Å². The minimum absolute atomic E-state index is 0.0840. The lowest BCUT2D eigenvalue weighted by Crippen LogP contribution is -2.53. The fraction of sp³-hybridized carbons (Fsp3) is 0.367. The molecule has 5 rings (SSSR count). The summed E-state index contributed by atoms with van der Waals surface area (Å²) in [5.41, 5.74) is -2.98. The average Bonchev–Trinajstić information content (AvgIpc) is 3.45. The molecular weight excluding hydrogens is 662 g/mol. The summed E-state index contributed by atoms with van der Waals surface area (Å²) in [7, 11) is -7.73. The largest absolute Gasteiger partial charge is 0.489 e. The van der Waals surface area contributed by atoms with Crippen molar-refractivity contribution in [2.75, 3.05) is 24.6 Å². The molecule has 2 aliphatic heterocycles. The molecule has 2 saturated heterocycles. The van der Waals surface area contributed by atoms with Gasteiger partial charge in [-0.1, -0.05) is 29.8 Å². The Morgan fingerprint density at radius 3 is 2.20 bits per heavy atom. The summed E-state index contributed by atoms with van der Waals surface area (Å²) in [5, 5.41) is 10.9. The number of benzene rings is 3. The maximum atomic E-state index is 14.2. The monoisotopic (exact) mass is 689 g/mol. The molecule has 2 heterocycles. The van der Waals surface area contributed by atoms with Crippen LogP contribution in [0.3, 0.4) is 0 Å². The Hall–Kier alpha value is -3.20. The first-order valence-electron chi connectivity index (χ1n) is 13.8. The van der Waals surface area contributed by atoms with E-state index in [0.29, 0.717) is 0 Å². The highest BCUT2D eigenvalue weighted by Crippen LogP contribution is 2.45. The number of halogens is 5. The lowest BCUT2D eigenvalue weighted by molar-refractivity contribution is -0.151. The molecule has 0 unspecified atom stereocenters. The van der Waals surface area contributed by atoms with Crippen LogP contribution >= 0.6 is 11.6 Å². The Morgan fingerprint density at radius 1 is 0.978 bits per heavy atom. The summed E-state index contributed by atoms with van der Waals surface area (Å²) in [6.07, 6.45) is -5.42. The van der Waals surface area contributed by atoms with Crippen LogP contribution in [-0.2, 0) is 42.0 Å². The Morgan fingerprint density at radius 2 is 1.60 bits per heavy atom. The van der Waals surface area contributed by atoms with E-state index in [0.717, 1.165) is 30.3 Å². The van der Waals surface area contributed by atoms with Crippen molar-refractivity contribution in [1.29, 1.82) is 0 Å². The van der Waals surface area contributed by atoms with Crippen LogP contribution in [0.25, 0.3) is 0 Å². The molecule has 0 saturated carbocycles. The first-order chi connectivity index (χ1) is 21.0. The zero-order chi connectivity index (χ0) is 32.8. The molecular formula is C30H28ClF4NO7S2. The Bertz CT molecular complexity index is 1800. The summed E-state index contributed by atoms with van der Waals surface area (Å²) in [5.74, 6) is -2.10. The predicted octanol–water partition coefficient (Wildman–Crippen LogP) is 4.92. The fourth-order valence-corrected chi connectivity index (χ4v) is 9.58. The van der Waals surface area contributed by atoms with Crippen LogP contribution < -0.4 is 4.74 Å². The second-order valence-corrected chi connectivity index (χ2v) is 16.2. The van der Waals surface area contributed by atoms with Gasteiger partial charge in [0.25, 0.3) is 5.91 Å². The molecule has 0 spiro atoms. The number of carbonyl (C=O) groups excluding carboxylic acids is 1. The van der Waals surface area contributed by atoms with Crippen molar-refractivity contribution < 1.29 is 49.0 Å². The number of amides is 1. The Kier molecular flexibility index (Phi) is 8.75. The molecule has 1 atom stereocenters. The van der Waals surface area contributed by atoms with E-state index in [9.17, 15) is 44.3 Å². The van der Waals surface area contributed by atoms with Crippen LogP contribution in [0.1, 0.15) is 36.0 Å². The van der Waals surface area contributed by atoms with Crippen LogP contribution in [0.15, 0.2) is 71.6 Å². The summed E-state index contributed by atoms with van der Waals surface area (Å²) in [6, 6.07) is 13.2. The maximum Gasteiger partial charge on any atom is 0.416 e. The molecule has 15 heteroatoms. The number of alkyl halides is 3. The molecule has 3 aromatic rings. The highest BCUT2D eigenvalue weighted by molar-refractivity contribution is 7.92. The van der Waals surface area contributed by atoms with Gasteiger partial charge < -0.3 is 14.7 Å². The van der Waals surface area contributed by atoms with Crippen molar-refractivity contribution in [1.82, 2.24) is 4.90 Å². The molecule has 2 fully saturated rings. The number of hydrogen-bond acceptors (Lipinski definition) is 7. The molecule has 0 aromatic heterocycles. The number of rotatable bonds is 7. The highest BCUT2D eigenvalue weighted by atomic mass is 35.5. The minimum Gasteiger partial charge on any atom is -0.489 e. The first-order valence-corrected chi connectivity index (χ1v) is 17.5. The van der Waals surface area contributed by atoms with E-state index in [1.54, 1.807) is 0 Å². The van der Waals surface area contributed by atoms with Gasteiger partial charge in [0, 0.05) is 23.7 Å². The number of nitrogens with zero attached hydrogens (tertiary/aromatic N) is 1. The quantitative estimate of drug-likeness (QED) is 0.277. The van der Waals surface area contributed by atoms with Crippen LogP contribution in [0.4, 0.5) is 17.6 Å². The van der Waals surface area contributed by atoms with Gasteiger partial charge in [-0.05, 0) is 73.4 Å². The normalized spacial score (nSPS) is 21.4. The summed E-state index contributed by atoms with van der Waals surface area (Å²) >= 11 is 6.02. The fourth-order valence-electron chi connectivity index (χ4n) is 5.77. The average molecular weight is 690 g/mol. The van der Waals surface area contributed by atoms with Gasteiger partial charge in [0.15, 0.2) is 19.7 Å². The van der Waals surface area contributed by atoms with Crippen molar-refractivity contribution in [3.63, 3.8) is 0 Å². The highest BCUT2D eigenvalue weighted by Gasteiger charge is 2.55. The molecule has 0 bridgehead atoms. The summed E-state index contributed by atoms with van der Waals surface area (Å²) < 4.78 is 110. The van der Waals surface area contributed by atoms with Crippen molar-refractivity contribution in [3.05, 3.63) is 94.3 Å². The van der Waals surface area contributed by atoms with Crippen molar-refractivity contribution in [2.45, 2.75) is 47.3 Å². The van der Waals surface area contributed by atoms with Gasteiger partial charge in [0.1, 0.15) is 28.5 Å². The van der Waals surface area contributed by atoms with E-state index < -0.39 is 66.6 Å². The van der Waals surface area contributed by atoms with Gasteiger partial charge in [-0.3, -0.25) is 4.79 Å². The molecule has 0 aliphatic carbocycles. The van der Waals surface area contributed by atoms with Gasteiger partial charge in [-0.25, -0.2) is 21.2 Å². The molecule has 1 N–H and O–H groups in total. The number of aliphatic hydroxyl groups is 1. The molecule has 3 aromatic carbocycles. The predicted molar refractivity (Wildman–Crippen MR) is 157 cm³/mol. The molecule has 242 valence electrons. The Labute approximate surface area is 262 Å². The smallest absolute Gasteiger partial charge is 0.416 e. The standard InChI is InChI=1S/C30H28ClF4NO7S2/c31-26-3-1-2-25(30(33,34)35)24(26)18-43-22-8-4-20(5-9-22)29(45(41,42)23-10-6-21(32)7-11-23)12-15-36(19-29)27(37)28(38)13-16-44(39,40)17-14-28/h1-11,38H,12-19H2/t29-/m0/s1. The lowest BCUT2D eigenvalue weighted by atomic mass is 9.94. The third kappa shape index (κ3) is 6.42. The number of ether oxygens (including phenoxy) is 1. The number of carbonyl (C=O) groups is 1. The van der Waals surface area contributed by atoms with Crippen molar-refractivity contribution in [2.24, 2.45) is 0 Å². The molecule has 8 nitrogen and oxygen atoms in total. The van der Waals surface area contributed by atoms with E-state index in [-0.39, 0.29) is 64.1 Å². The van der Waals surface area contributed by atoms with E-state index in [4.69, 9.17) is 16.3 Å². The summed E-state index contributed by atoms with van der Waals surface area (Å²) in [6.45, 7) is -1.00. The second kappa shape index (κ2) is 11.9. The van der Waals surface area contributed by atoms with E-state index >= 15 is 0 Å². The second-order valence-electron chi connectivity index (χ2n) is 11.2. The van der Waals surface area contributed by atoms with Crippen LogP contribution in [0.5, 0.6) is 5.75 Å². The van der Waals surface area contributed by atoms with Crippen LogP contribution in [0.2, 0.25) is 5.02 Å². The number of likely N-dealkylation sites (tertiary alicyclic amines) is 1. The third-order valence-corrected chi connectivity index (χ3v) is 12.9. The van der Waals surface area contributed by atoms with Gasteiger partial charge in [-0.15, -0.1) is 0 Å². The first kappa shape index (κ1) is 33.2.